The summed E-state index contributed by atoms with van der Waals surface area (Å²) >= 11 is 0. The van der Waals surface area contributed by atoms with Crippen LogP contribution in [0.4, 0.5) is 0 Å². The zero-order valence-corrected chi connectivity index (χ0v) is 33.7. The van der Waals surface area contributed by atoms with Crippen molar-refractivity contribution >= 4 is 43.6 Å². The minimum Gasteiger partial charge on any atom is -0.309 e. The highest BCUT2D eigenvalue weighted by molar-refractivity contribution is 6.12. The first-order valence-electron chi connectivity index (χ1n) is 21.1. The second-order valence-corrected chi connectivity index (χ2v) is 15.8. The molecule has 0 unspecified atom stereocenters. The van der Waals surface area contributed by atoms with Crippen molar-refractivity contribution in [1.29, 1.82) is 0 Å². The Hall–Kier alpha value is -8.34. The summed E-state index contributed by atoms with van der Waals surface area (Å²) in [7, 11) is 0. The highest BCUT2D eigenvalue weighted by atomic mass is 15.1. The second-order valence-electron chi connectivity index (χ2n) is 15.8. The number of aromatic nitrogens is 4. The lowest BCUT2D eigenvalue weighted by Crippen LogP contribution is -2.00. The Kier molecular flexibility index (Phi) is 8.46. The summed E-state index contributed by atoms with van der Waals surface area (Å²) in [5.74, 6) is 0.645. The summed E-state index contributed by atoms with van der Waals surface area (Å²) in [5, 5.41) is 4.83. The van der Waals surface area contributed by atoms with Crippen LogP contribution in [0.15, 0.2) is 231 Å². The number of para-hydroxylation sites is 3. The van der Waals surface area contributed by atoms with Crippen LogP contribution in [0.2, 0.25) is 0 Å². The van der Waals surface area contributed by atoms with Gasteiger partial charge >= 0.3 is 0 Å². The van der Waals surface area contributed by atoms with Gasteiger partial charge < -0.3 is 4.57 Å². The van der Waals surface area contributed by atoms with Crippen molar-refractivity contribution < 1.29 is 0 Å². The van der Waals surface area contributed by atoms with Crippen LogP contribution < -0.4 is 0 Å². The Morgan fingerprint density at radius 2 is 0.694 bits per heavy atom. The van der Waals surface area contributed by atoms with Crippen molar-refractivity contribution in [2.75, 3.05) is 0 Å². The monoisotopic (exact) mass is 790 g/mol. The molecule has 290 valence electrons. The molecule has 0 bridgehead atoms. The van der Waals surface area contributed by atoms with E-state index in [1.54, 1.807) is 0 Å². The largest absolute Gasteiger partial charge is 0.309 e. The third-order valence-corrected chi connectivity index (χ3v) is 12.3. The van der Waals surface area contributed by atoms with Crippen LogP contribution in [0.25, 0.3) is 111 Å². The predicted molar refractivity (Wildman–Crippen MR) is 258 cm³/mol. The molecule has 0 saturated heterocycles. The normalized spacial score (nSPS) is 11.5. The molecule has 0 fully saturated rings. The number of nitrogens with zero attached hydrogens (tertiary/aromatic N) is 4. The van der Waals surface area contributed by atoms with Crippen LogP contribution in [0.5, 0.6) is 0 Å². The lowest BCUT2D eigenvalue weighted by molar-refractivity contribution is 0.990. The summed E-state index contributed by atoms with van der Waals surface area (Å²) < 4.78 is 4.56. The molecule has 0 amide bonds. The van der Waals surface area contributed by atoms with Crippen molar-refractivity contribution in [3.63, 3.8) is 0 Å². The van der Waals surface area contributed by atoms with E-state index in [9.17, 15) is 0 Å². The second kappa shape index (κ2) is 14.7. The molecule has 0 aliphatic carbocycles. The predicted octanol–water partition coefficient (Wildman–Crippen LogP) is 15.0. The summed E-state index contributed by atoms with van der Waals surface area (Å²) in [6.45, 7) is 0. The third kappa shape index (κ3) is 6.00. The number of hydrogen-bond donors (Lipinski definition) is 0. The quantitative estimate of drug-likeness (QED) is 0.161. The lowest BCUT2D eigenvalue weighted by Gasteiger charge is -2.11. The van der Waals surface area contributed by atoms with Gasteiger partial charge in [-0.25, -0.2) is 9.97 Å². The molecule has 0 spiro atoms. The Balaban J connectivity index is 0.848. The van der Waals surface area contributed by atoms with E-state index in [0.29, 0.717) is 5.95 Å². The molecule has 12 aromatic rings. The summed E-state index contributed by atoms with van der Waals surface area (Å²) in [5.41, 5.74) is 17.3. The molecule has 0 N–H and O–H groups in total. The molecule has 4 heteroatoms. The van der Waals surface area contributed by atoms with Crippen LogP contribution in [0, 0.1) is 0 Å². The third-order valence-electron chi connectivity index (χ3n) is 12.3. The fraction of sp³-hybridized carbons (Fsp3) is 0. The molecule has 12 rings (SSSR count). The molecule has 0 saturated carbocycles. The Morgan fingerprint density at radius 1 is 0.258 bits per heavy atom. The number of rotatable bonds is 7. The van der Waals surface area contributed by atoms with Gasteiger partial charge in [0.2, 0.25) is 5.95 Å². The van der Waals surface area contributed by atoms with E-state index in [1.165, 1.54) is 66.0 Å². The highest BCUT2D eigenvalue weighted by Crippen LogP contribution is 2.39. The summed E-state index contributed by atoms with van der Waals surface area (Å²) in [6.07, 6.45) is 3.87. The molecule has 0 aliphatic heterocycles. The maximum atomic E-state index is 4.97. The van der Waals surface area contributed by atoms with Gasteiger partial charge in [-0.3, -0.25) is 4.57 Å². The lowest BCUT2D eigenvalue weighted by atomic mass is 9.93. The SMILES string of the molecule is c1ccc(-c2ccccc2-c2ccc(-c3ccc(-c4cnc(-n5c6ccccc6c6cc(-c7ccc8c9ccccc9n(-c9ccccc9)c8c7)ccc65)nc4)cc3)cc2)cc1. The molecular formula is C58H38N4. The van der Waals surface area contributed by atoms with Gasteiger partial charge in [0.25, 0.3) is 0 Å². The first-order valence-corrected chi connectivity index (χ1v) is 21.1. The molecule has 0 aliphatic rings. The average Bonchev–Trinajstić information content (AvgIpc) is 3.87. The van der Waals surface area contributed by atoms with E-state index in [-0.39, 0.29) is 0 Å². The molecule has 9 aromatic carbocycles. The summed E-state index contributed by atoms with van der Waals surface area (Å²) in [4.78, 5) is 9.94. The first-order chi connectivity index (χ1) is 30.7. The van der Waals surface area contributed by atoms with Crippen LogP contribution in [0.3, 0.4) is 0 Å². The fourth-order valence-electron chi connectivity index (χ4n) is 9.26. The summed E-state index contributed by atoms with van der Waals surface area (Å²) in [6, 6.07) is 78.2. The van der Waals surface area contributed by atoms with Crippen molar-refractivity contribution in [3.05, 3.63) is 231 Å². The molecule has 62 heavy (non-hydrogen) atoms. The molecule has 3 aromatic heterocycles. The van der Waals surface area contributed by atoms with Gasteiger partial charge in [0, 0.05) is 45.2 Å². The topological polar surface area (TPSA) is 35.6 Å². The molecule has 0 radical (unpaired) electrons. The molecular weight excluding hydrogens is 753 g/mol. The smallest absolute Gasteiger partial charge is 0.234 e. The van der Waals surface area contributed by atoms with Gasteiger partial charge in [-0.1, -0.05) is 176 Å². The number of benzene rings is 9. The van der Waals surface area contributed by atoms with Gasteiger partial charge in [-0.05, 0) is 92.5 Å². The van der Waals surface area contributed by atoms with Gasteiger partial charge in [0.05, 0.1) is 22.1 Å². The van der Waals surface area contributed by atoms with E-state index in [4.69, 9.17) is 9.97 Å². The van der Waals surface area contributed by atoms with Crippen LogP contribution >= 0.6 is 0 Å². The van der Waals surface area contributed by atoms with Crippen molar-refractivity contribution in [2.45, 2.75) is 0 Å². The van der Waals surface area contributed by atoms with E-state index in [2.05, 4.69) is 228 Å². The standard InChI is InChI=1S/C58H38N4/c1-3-13-42(14-4-1)48-17-7-8-18-49(48)43-29-27-40(28-30-43)39-23-25-41(26-24-39)46-37-59-58(60-38-46)62-55-22-12-10-20-51(55)53-35-44(32-34-56(53)62)45-31-33-52-50-19-9-11-21-54(50)61(57(52)36-45)47-15-5-2-6-16-47/h1-38H. The van der Waals surface area contributed by atoms with Crippen molar-refractivity contribution in [2.24, 2.45) is 0 Å². The average molecular weight is 791 g/mol. The van der Waals surface area contributed by atoms with Gasteiger partial charge in [0.1, 0.15) is 0 Å². The van der Waals surface area contributed by atoms with Crippen LogP contribution in [0.1, 0.15) is 0 Å². The van der Waals surface area contributed by atoms with Crippen LogP contribution in [-0.4, -0.2) is 19.1 Å². The van der Waals surface area contributed by atoms with E-state index < -0.39 is 0 Å². The van der Waals surface area contributed by atoms with Gasteiger partial charge in [-0.2, -0.15) is 0 Å². The first kappa shape index (κ1) is 35.6. The minimum atomic E-state index is 0.645. The maximum absolute atomic E-state index is 4.97. The number of hydrogen-bond acceptors (Lipinski definition) is 2. The molecule has 4 nitrogen and oxygen atoms in total. The molecule has 3 heterocycles. The van der Waals surface area contributed by atoms with Gasteiger partial charge in [-0.15, -0.1) is 0 Å². The minimum absolute atomic E-state index is 0.645. The fourth-order valence-corrected chi connectivity index (χ4v) is 9.26. The Morgan fingerprint density at radius 3 is 1.35 bits per heavy atom. The Labute approximate surface area is 359 Å². The zero-order chi connectivity index (χ0) is 41.0. The molecule has 0 atom stereocenters. The number of fused-ring (bicyclic) bond motifs is 6. The van der Waals surface area contributed by atoms with Crippen LogP contribution in [-0.2, 0) is 0 Å². The zero-order valence-electron chi connectivity index (χ0n) is 33.7. The van der Waals surface area contributed by atoms with Gasteiger partial charge in [0.15, 0.2) is 0 Å². The maximum Gasteiger partial charge on any atom is 0.234 e. The van der Waals surface area contributed by atoms with Crippen molar-refractivity contribution in [1.82, 2.24) is 19.1 Å². The Bertz CT molecular complexity index is 3580. The highest BCUT2D eigenvalue weighted by Gasteiger charge is 2.17. The van der Waals surface area contributed by atoms with Crippen molar-refractivity contribution in [3.8, 4) is 67.3 Å². The van der Waals surface area contributed by atoms with E-state index >= 15 is 0 Å². The van der Waals surface area contributed by atoms with E-state index in [0.717, 1.165) is 39.0 Å². The van der Waals surface area contributed by atoms with E-state index in [1.807, 2.05) is 12.4 Å².